The van der Waals surface area contributed by atoms with Crippen molar-refractivity contribution in [2.45, 2.75) is 6.54 Å². The number of nitrogens with zero attached hydrogens (tertiary/aromatic N) is 1. The van der Waals surface area contributed by atoms with E-state index in [0.717, 1.165) is 10.0 Å². The predicted molar refractivity (Wildman–Crippen MR) is 89.2 cm³/mol. The fourth-order valence-electron chi connectivity index (χ4n) is 2.06. The van der Waals surface area contributed by atoms with Crippen LogP contribution in [0.4, 0.5) is 0 Å². The zero-order valence-electron chi connectivity index (χ0n) is 13.1. The number of methoxy groups -OCH3 is 3. The van der Waals surface area contributed by atoms with E-state index in [4.69, 9.17) is 14.2 Å². The Hall–Kier alpha value is -2.28. The van der Waals surface area contributed by atoms with Crippen LogP contribution in [-0.2, 0) is 6.54 Å². The van der Waals surface area contributed by atoms with E-state index in [-0.39, 0.29) is 5.91 Å². The molecule has 0 saturated carbocycles. The summed E-state index contributed by atoms with van der Waals surface area (Å²) >= 11 is 3.29. The van der Waals surface area contributed by atoms with Gasteiger partial charge in [0.15, 0.2) is 11.5 Å². The fourth-order valence-corrected chi connectivity index (χ4v) is 2.42. The largest absolute Gasteiger partial charge is 0.493 e. The van der Waals surface area contributed by atoms with Crippen molar-refractivity contribution in [3.63, 3.8) is 0 Å². The van der Waals surface area contributed by atoms with Crippen molar-refractivity contribution in [3.8, 4) is 17.2 Å². The minimum Gasteiger partial charge on any atom is -0.493 e. The highest BCUT2D eigenvalue weighted by Crippen LogP contribution is 2.38. The first-order valence-electron chi connectivity index (χ1n) is 6.76. The van der Waals surface area contributed by atoms with Crippen molar-refractivity contribution < 1.29 is 19.0 Å². The topological polar surface area (TPSA) is 69.7 Å². The lowest BCUT2D eigenvalue weighted by Gasteiger charge is -2.14. The SMILES string of the molecule is COc1cc(CNC(=O)c2cncc(Br)c2)cc(OC)c1OC. The number of benzene rings is 1. The van der Waals surface area contributed by atoms with E-state index in [1.54, 1.807) is 45.7 Å². The summed E-state index contributed by atoms with van der Waals surface area (Å²) in [5, 5.41) is 2.83. The normalized spacial score (nSPS) is 10.1. The molecule has 1 N–H and O–H groups in total. The van der Waals surface area contributed by atoms with Crippen LogP contribution in [0.2, 0.25) is 0 Å². The molecule has 0 spiro atoms. The minimum absolute atomic E-state index is 0.215. The number of hydrogen-bond acceptors (Lipinski definition) is 5. The Morgan fingerprint density at radius 1 is 1.09 bits per heavy atom. The van der Waals surface area contributed by atoms with Gasteiger partial charge in [0.05, 0.1) is 26.9 Å². The first-order chi connectivity index (χ1) is 11.1. The molecular formula is C16H17BrN2O4. The van der Waals surface area contributed by atoms with E-state index in [2.05, 4.69) is 26.2 Å². The van der Waals surface area contributed by atoms with Crippen molar-refractivity contribution >= 4 is 21.8 Å². The van der Waals surface area contributed by atoms with E-state index in [0.29, 0.717) is 29.4 Å². The van der Waals surface area contributed by atoms with Gasteiger partial charge in [0.2, 0.25) is 5.75 Å². The van der Waals surface area contributed by atoms with Crippen LogP contribution < -0.4 is 19.5 Å². The summed E-state index contributed by atoms with van der Waals surface area (Å²) in [4.78, 5) is 16.1. The smallest absolute Gasteiger partial charge is 0.253 e. The van der Waals surface area contributed by atoms with Crippen molar-refractivity contribution in [1.82, 2.24) is 10.3 Å². The number of amides is 1. The van der Waals surface area contributed by atoms with Crippen LogP contribution in [0.3, 0.4) is 0 Å². The lowest BCUT2D eigenvalue weighted by molar-refractivity contribution is 0.0950. The third-order valence-corrected chi connectivity index (χ3v) is 3.58. The van der Waals surface area contributed by atoms with E-state index in [1.165, 1.54) is 6.20 Å². The van der Waals surface area contributed by atoms with Crippen molar-refractivity contribution in [3.05, 3.63) is 46.2 Å². The average Bonchev–Trinajstić information content (AvgIpc) is 2.58. The standard InChI is InChI=1S/C16H17BrN2O4/c1-21-13-4-10(5-14(22-2)15(13)23-3)7-19-16(20)11-6-12(17)9-18-8-11/h4-6,8-9H,7H2,1-3H3,(H,19,20). The molecule has 1 aromatic heterocycles. The molecule has 23 heavy (non-hydrogen) atoms. The van der Waals surface area contributed by atoms with Crippen molar-refractivity contribution in [2.24, 2.45) is 0 Å². The molecule has 2 aromatic rings. The second kappa shape index (κ2) is 7.82. The highest BCUT2D eigenvalue weighted by molar-refractivity contribution is 9.10. The molecule has 0 aliphatic heterocycles. The summed E-state index contributed by atoms with van der Waals surface area (Å²) in [5.74, 6) is 1.38. The molecular weight excluding hydrogens is 364 g/mol. The first kappa shape index (κ1) is 17.1. The zero-order valence-corrected chi connectivity index (χ0v) is 14.6. The molecule has 0 atom stereocenters. The Morgan fingerprint density at radius 2 is 1.74 bits per heavy atom. The molecule has 1 heterocycles. The summed E-state index contributed by atoms with van der Waals surface area (Å²) in [7, 11) is 4.64. The Bertz CT molecular complexity index is 681. The van der Waals surface area contributed by atoms with Gasteiger partial charge in [-0.2, -0.15) is 0 Å². The van der Waals surface area contributed by atoms with Crippen LogP contribution in [0.5, 0.6) is 17.2 Å². The number of nitrogens with one attached hydrogen (secondary N) is 1. The molecule has 6 nitrogen and oxygen atoms in total. The molecule has 122 valence electrons. The maximum absolute atomic E-state index is 12.1. The van der Waals surface area contributed by atoms with Gasteiger partial charge in [0, 0.05) is 23.4 Å². The fraction of sp³-hybridized carbons (Fsp3) is 0.250. The number of aromatic nitrogens is 1. The van der Waals surface area contributed by atoms with E-state index in [9.17, 15) is 4.79 Å². The second-order valence-corrected chi connectivity index (χ2v) is 5.52. The molecule has 0 aliphatic rings. The van der Waals surface area contributed by atoms with Gasteiger partial charge in [-0.15, -0.1) is 0 Å². The van der Waals surface area contributed by atoms with Gasteiger partial charge < -0.3 is 19.5 Å². The Labute approximate surface area is 142 Å². The van der Waals surface area contributed by atoms with Gasteiger partial charge in [-0.3, -0.25) is 9.78 Å². The molecule has 0 aliphatic carbocycles. The number of ether oxygens (including phenoxy) is 3. The van der Waals surface area contributed by atoms with Crippen LogP contribution in [-0.4, -0.2) is 32.2 Å². The highest BCUT2D eigenvalue weighted by Gasteiger charge is 2.14. The van der Waals surface area contributed by atoms with Gasteiger partial charge in [0.1, 0.15) is 0 Å². The van der Waals surface area contributed by atoms with Gasteiger partial charge in [-0.05, 0) is 39.7 Å². The number of rotatable bonds is 6. The van der Waals surface area contributed by atoms with Gasteiger partial charge in [-0.1, -0.05) is 0 Å². The van der Waals surface area contributed by atoms with E-state index in [1.807, 2.05) is 0 Å². The molecule has 0 saturated heterocycles. The third kappa shape index (κ3) is 4.13. The number of halogens is 1. The van der Waals surface area contributed by atoms with Crippen LogP contribution in [0, 0.1) is 0 Å². The van der Waals surface area contributed by atoms with Crippen molar-refractivity contribution in [1.29, 1.82) is 0 Å². The maximum atomic E-state index is 12.1. The van der Waals surface area contributed by atoms with Gasteiger partial charge >= 0.3 is 0 Å². The molecule has 7 heteroatoms. The average molecular weight is 381 g/mol. The minimum atomic E-state index is -0.215. The Morgan fingerprint density at radius 3 is 2.26 bits per heavy atom. The summed E-state index contributed by atoms with van der Waals surface area (Å²) in [6.45, 7) is 0.321. The molecule has 0 fully saturated rings. The molecule has 1 amide bonds. The number of carbonyl (C=O) groups excluding carboxylic acids is 1. The molecule has 0 unspecified atom stereocenters. The Balaban J connectivity index is 2.15. The number of carbonyl (C=O) groups is 1. The lowest BCUT2D eigenvalue weighted by atomic mass is 10.1. The second-order valence-electron chi connectivity index (χ2n) is 4.61. The number of pyridine rings is 1. The molecule has 0 bridgehead atoms. The molecule has 2 rings (SSSR count). The lowest BCUT2D eigenvalue weighted by Crippen LogP contribution is -2.23. The predicted octanol–water partition coefficient (Wildman–Crippen LogP) is 2.80. The van der Waals surface area contributed by atoms with E-state index >= 15 is 0 Å². The molecule has 0 radical (unpaired) electrons. The summed E-state index contributed by atoms with van der Waals surface area (Å²) in [6, 6.07) is 5.29. The van der Waals surface area contributed by atoms with Gasteiger partial charge in [0.25, 0.3) is 5.91 Å². The third-order valence-electron chi connectivity index (χ3n) is 3.14. The summed E-state index contributed by atoms with van der Waals surface area (Å²) in [6.07, 6.45) is 3.13. The van der Waals surface area contributed by atoms with E-state index < -0.39 is 0 Å². The monoisotopic (exact) mass is 380 g/mol. The quantitative estimate of drug-likeness (QED) is 0.834. The number of hydrogen-bond donors (Lipinski definition) is 1. The Kier molecular flexibility index (Phi) is 5.81. The summed E-state index contributed by atoms with van der Waals surface area (Å²) in [5.41, 5.74) is 1.31. The van der Waals surface area contributed by atoms with Crippen LogP contribution in [0.15, 0.2) is 35.1 Å². The van der Waals surface area contributed by atoms with Crippen LogP contribution in [0.25, 0.3) is 0 Å². The highest BCUT2D eigenvalue weighted by atomic mass is 79.9. The molecule has 1 aromatic carbocycles. The van der Waals surface area contributed by atoms with Crippen LogP contribution >= 0.6 is 15.9 Å². The van der Waals surface area contributed by atoms with Crippen LogP contribution in [0.1, 0.15) is 15.9 Å². The zero-order chi connectivity index (χ0) is 16.8. The first-order valence-corrected chi connectivity index (χ1v) is 7.56. The van der Waals surface area contributed by atoms with Crippen molar-refractivity contribution in [2.75, 3.05) is 21.3 Å². The summed E-state index contributed by atoms with van der Waals surface area (Å²) < 4.78 is 16.6. The maximum Gasteiger partial charge on any atom is 0.253 e. The van der Waals surface area contributed by atoms with Gasteiger partial charge in [-0.25, -0.2) is 0 Å².